The first-order valence-electron chi connectivity index (χ1n) is 4.12. The molecule has 0 amide bonds. The van der Waals surface area contributed by atoms with Crippen LogP contribution in [0, 0.1) is 10.1 Å². The highest BCUT2D eigenvalue weighted by atomic mass is 79.9. The Morgan fingerprint density at radius 1 is 1.50 bits per heavy atom. The summed E-state index contributed by atoms with van der Waals surface area (Å²) in [7, 11) is 0. The Morgan fingerprint density at radius 2 is 2.06 bits per heavy atom. The number of nitro groups is 1. The molecule has 0 N–H and O–H groups in total. The first kappa shape index (κ1) is 12.7. The second kappa shape index (κ2) is 4.65. The van der Waals surface area contributed by atoms with E-state index in [9.17, 15) is 23.7 Å². The van der Waals surface area contributed by atoms with E-state index >= 15 is 0 Å². The summed E-state index contributed by atoms with van der Waals surface area (Å²) in [6, 6.07) is 2.35. The van der Waals surface area contributed by atoms with Gasteiger partial charge in [-0.1, -0.05) is 15.9 Å². The van der Waals surface area contributed by atoms with Crippen LogP contribution in [0.15, 0.2) is 16.6 Å². The van der Waals surface area contributed by atoms with Crippen molar-refractivity contribution in [2.24, 2.45) is 0 Å². The van der Waals surface area contributed by atoms with Gasteiger partial charge >= 0.3 is 0 Å². The minimum atomic E-state index is -3.02. The van der Waals surface area contributed by atoms with Crippen molar-refractivity contribution >= 4 is 27.4 Å². The molecular formula is C9H6BrF2NO3. The van der Waals surface area contributed by atoms with E-state index in [-0.39, 0.29) is 10.0 Å². The number of ketones is 1. The Kier molecular flexibility index (Phi) is 3.69. The fraction of sp³-hybridized carbons (Fsp3) is 0.222. The highest BCUT2D eigenvalue weighted by Crippen LogP contribution is 2.37. The molecule has 7 heteroatoms. The van der Waals surface area contributed by atoms with E-state index in [1.54, 1.807) is 0 Å². The maximum Gasteiger partial charge on any atom is 0.290 e. The maximum absolute atomic E-state index is 12.6. The number of rotatable bonds is 3. The van der Waals surface area contributed by atoms with E-state index in [1.807, 2.05) is 0 Å². The molecule has 0 aliphatic rings. The van der Waals surface area contributed by atoms with E-state index in [4.69, 9.17) is 0 Å². The van der Waals surface area contributed by atoms with Crippen LogP contribution < -0.4 is 0 Å². The molecule has 0 unspecified atom stereocenters. The van der Waals surface area contributed by atoms with Crippen molar-refractivity contribution in [1.82, 2.24) is 0 Å². The molecule has 1 aromatic rings. The average Bonchev–Trinajstić information content (AvgIpc) is 2.15. The van der Waals surface area contributed by atoms with Crippen molar-refractivity contribution in [1.29, 1.82) is 0 Å². The molecule has 1 aromatic carbocycles. The second-order valence-corrected chi connectivity index (χ2v) is 3.83. The van der Waals surface area contributed by atoms with E-state index in [0.717, 1.165) is 13.0 Å². The molecule has 0 aliphatic carbocycles. The third-order valence-electron chi connectivity index (χ3n) is 1.94. The van der Waals surface area contributed by atoms with Crippen molar-refractivity contribution in [2.45, 2.75) is 13.3 Å². The van der Waals surface area contributed by atoms with Crippen molar-refractivity contribution in [2.75, 3.05) is 0 Å². The van der Waals surface area contributed by atoms with Crippen LogP contribution in [0.25, 0.3) is 0 Å². The SMILES string of the molecule is CC(=O)c1ccc(Br)c(C(F)F)c1[N+](=O)[O-]. The Labute approximate surface area is 97.5 Å². The Bertz CT molecular complexity index is 462. The van der Waals surface area contributed by atoms with Gasteiger partial charge in [-0.2, -0.15) is 0 Å². The molecule has 0 bridgehead atoms. The zero-order valence-electron chi connectivity index (χ0n) is 8.04. The van der Waals surface area contributed by atoms with Gasteiger partial charge in [-0.3, -0.25) is 14.9 Å². The first-order chi connectivity index (χ1) is 7.36. The molecule has 0 aliphatic heterocycles. The summed E-state index contributed by atoms with van der Waals surface area (Å²) in [6.07, 6.45) is -3.02. The summed E-state index contributed by atoms with van der Waals surface area (Å²) in [6.45, 7) is 1.09. The van der Waals surface area contributed by atoms with E-state index in [2.05, 4.69) is 15.9 Å². The molecule has 16 heavy (non-hydrogen) atoms. The highest BCUT2D eigenvalue weighted by molar-refractivity contribution is 9.10. The lowest BCUT2D eigenvalue weighted by molar-refractivity contribution is -0.386. The van der Waals surface area contributed by atoms with Crippen LogP contribution in [0.4, 0.5) is 14.5 Å². The van der Waals surface area contributed by atoms with E-state index in [0.29, 0.717) is 0 Å². The summed E-state index contributed by atoms with van der Waals surface area (Å²) in [5.41, 5.74) is -1.92. The summed E-state index contributed by atoms with van der Waals surface area (Å²) in [5, 5.41) is 10.7. The van der Waals surface area contributed by atoms with Crippen LogP contribution in [-0.4, -0.2) is 10.7 Å². The summed E-state index contributed by atoms with van der Waals surface area (Å²) >= 11 is 2.80. The summed E-state index contributed by atoms with van der Waals surface area (Å²) in [4.78, 5) is 20.8. The van der Waals surface area contributed by atoms with Gasteiger partial charge in [0.15, 0.2) is 5.78 Å². The standard InChI is InChI=1S/C9H6BrF2NO3/c1-4(14)5-2-3-6(10)7(9(11)12)8(5)13(15)16/h2-3,9H,1H3. The van der Waals surface area contributed by atoms with Crippen molar-refractivity contribution in [3.05, 3.63) is 37.8 Å². The van der Waals surface area contributed by atoms with Gasteiger partial charge in [0.2, 0.25) is 0 Å². The lowest BCUT2D eigenvalue weighted by Gasteiger charge is -2.07. The fourth-order valence-electron chi connectivity index (χ4n) is 1.27. The lowest BCUT2D eigenvalue weighted by atomic mass is 10.0. The summed E-state index contributed by atoms with van der Waals surface area (Å²) < 4.78 is 25.2. The Morgan fingerprint density at radius 3 is 2.44 bits per heavy atom. The van der Waals surface area contributed by atoms with Crippen molar-refractivity contribution in [3.63, 3.8) is 0 Å². The minimum absolute atomic E-state index is 0.0841. The number of hydrogen-bond donors (Lipinski definition) is 0. The maximum atomic E-state index is 12.6. The molecule has 0 aromatic heterocycles. The van der Waals surface area contributed by atoms with Crippen molar-refractivity contribution in [3.8, 4) is 0 Å². The smallest absolute Gasteiger partial charge is 0.290 e. The van der Waals surface area contributed by atoms with Crippen molar-refractivity contribution < 1.29 is 18.5 Å². The number of alkyl halides is 2. The predicted molar refractivity (Wildman–Crippen MR) is 55.8 cm³/mol. The largest absolute Gasteiger partial charge is 0.294 e. The molecule has 1 rings (SSSR count). The molecule has 0 fully saturated rings. The monoisotopic (exact) mass is 293 g/mol. The number of hydrogen-bond acceptors (Lipinski definition) is 3. The minimum Gasteiger partial charge on any atom is -0.294 e. The van der Waals surface area contributed by atoms with Gasteiger partial charge < -0.3 is 0 Å². The normalized spacial score (nSPS) is 10.6. The second-order valence-electron chi connectivity index (χ2n) is 2.97. The fourth-order valence-corrected chi connectivity index (χ4v) is 1.76. The quantitative estimate of drug-likeness (QED) is 0.487. The van der Waals surface area contributed by atoms with Crippen LogP contribution in [-0.2, 0) is 0 Å². The van der Waals surface area contributed by atoms with E-state index < -0.39 is 28.4 Å². The number of nitrogens with zero attached hydrogens (tertiary/aromatic N) is 1. The molecule has 0 saturated heterocycles. The topological polar surface area (TPSA) is 60.2 Å². The number of carbonyl (C=O) groups is 1. The number of Topliss-reactive ketones (excluding diaryl/α,β-unsaturated/α-hetero) is 1. The number of benzene rings is 1. The highest BCUT2D eigenvalue weighted by Gasteiger charge is 2.29. The Balaban J connectivity index is 3.63. The number of halogens is 3. The third-order valence-corrected chi connectivity index (χ3v) is 2.64. The molecule has 0 radical (unpaired) electrons. The zero-order valence-corrected chi connectivity index (χ0v) is 9.62. The van der Waals surface area contributed by atoms with E-state index in [1.165, 1.54) is 6.07 Å². The molecule has 0 saturated carbocycles. The van der Waals surface area contributed by atoms with Gasteiger partial charge in [0.1, 0.15) is 5.56 Å². The van der Waals surface area contributed by atoms with Crippen LogP contribution in [0.2, 0.25) is 0 Å². The zero-order chi connectivity index (χ0) is 12.5. The van der Waals surface area contributed by atoms with Crippen LogP contribution in [0.5, 0.6) is 0 Å². The average molecular weight is 294 g/mol. The molecule has 0 atom stereocenters. The number of nitro benzene ring substituents is 1. The van der Waals surface area contributed by atoms with Gasteiger partial charge in [0.05, 0.1) is 10.5 Å². The van der Waals surface area contributed by atoms with Crippen LogP contribution in [0.3, 0.4) is 0 Å². The summed E-state index contributed by atoms with van der Waals surface area (Å²) in [5.74, 6) is -0.624. The first-order valence-corrected chi connectivity index (χ1v) is 4.91. The Hall–Kier alpha value is -1.37. The van der Waals surface area contributed by atoms with Gasteiger partial charge in [0, 0.05) is 4.47 Å². The lowest BCUT2D eigenvalue weighted by Crippen LogP contribution is -2.05. The van der Waals surface area contributed by atoms with Gasteiger partial charge in [0.25, 0.3) is 12.1 Å². The van der Waals surface area contributed by atoms with Crippen LogP contribution >= 0.6 is 15.9 Å². The van der Waals surface area contributed by atoms with Crippen LogP contribution in [0.1, 0.15) is 29.3 Å². The molecule has 0 spiro atoms. The van der Waals surface area contributed by atoms with Gasteiger partial charge in [-0.05, 0) is 19.1 Å². The van der Waals surface area contributed by atoms with Gasteiger partial charge in [-0.25, -0.2) is 8.78 Å². The molecule has 4 nitrogen and oxygen atoms in total. The van der Waals surface area contributed by atoms with Gasteiger partial charge in [-0.15, -0.1) is 0 Å². The predicted octanol–water partition coefficient (Wildman–Crippen LogP) is 3.50. The molecule has 86 valence electrons. The molecular weight excluding hydrogens is 288 g/mol. The number of carbonyl (C=O) groups excluding carboxylic acids is 1. The molecule has 0 heterocycles. The third kappa shape index (κ3) is 2.24.